The first-order valence-corrected chi connectivity index (χ1v) is 9.21. The fraction of sp³-hybridized carbons (Fsp3) is 0.714. The summed E-state index contributed by atoms with van der Waals surface area (Å²) in [6.45, 7) is 10.3. The van der Waals surface area contributed by atoms with Crippen LogP contribution in [0.1, 0.15) is 30.8 Å². The van der Waals surface area contributed by atoms with Gasteiger partial charge in [-0.3, -0.25) is 0 Å². The minimum absolute atomic E-state index is 0.734. The van der Waals surface area contributed by atoms with Crippen LogP contribution < -0.4 is 5.32 Å². The second-order valence-corrected chi connectivity index (χ2v) is 7.23. The highest BCUT2D eigenvalue weighted by molar-refractivity contribution is 8.00. The summed E-state index contributed by atoms with van der Waals surface area (Å²) < 4.78 is 0. The molecule has 1 saturated heterocycles. The number of rotatable bonds is 4. The number of nitrogens with one attached hydrogen (secondary N) is 1. The number of nitrogens with zero attached hydrogens (tertiary/aromatic N) is 3. The van der Waals surface area contributed by atoms with Crippen LogP contribution in [0.5, 0.6) is 0 Å². The summed E-state index contributed by atoms with van der Waals surface area (Å²) in [6.07, 6.45) is 1.23. The molecule has 20 heavy (non-hydrogen) atoms. The maximum absolute atomic E-state index is 4.80. The Hall–Kier alpha value is -0.750. The fourth-order valence-electron chi connectivity index (χ4n) is 2.21. The first-order chi connectivity index (χ1) is 9.74. The molecule has 0 aromatic carbocycles. The van der Waals surface area contributed by atoms with E-state index in [9.17, 15) is 0 Å². The Morgan fingerprint density at radius 2 is 2.40 bits per heavy atom. The van der Waals surface area contributed by atoms with Crippen molar-refractivity contribution in [1.29, 1.82) is 0 Å². The summed E-state index contributed by atoms with van der Waals surface area (Å²) in [5.41, 5.74) is 3.01. The van der Waals surface area contributed by atoms with Crippen LogP contribution in [0.25, 0.3) is 0 Å². The van der Waals surface area contributed by atoms with E-state index in [1.807, 2.05) is 5.51 Å². The summed E-state index contributed by atoms with van der Waals surface area (Å²) in [5.74, 6) is 2.25. The van der Waals surface area contributed by atoms with E-state index >= 15 is 0 Å². The molecule has 6 heteroatoms. The van der Waals surface area contributed by atoms with Crippen molar-refractivity contribution in [2.24, 2.45) is 4.99 Å². The molecule has 112 valence electrons. The van der Waals surface area contributed by atoms with Gasteiger partial charge in [-0.15, -0.1) is 11.3 Å². The fourth-order valence-corrected chi connectivity index (χ4v) is 4.09. The molecule has 2 rings (SSSR count). The highest BCUT2D eigenvalue weighted by atomic mass is 32.2. The van der Waals surface area contributed by atoms with Crippen LogP contribution in [0.15, 0.2) is 10.5 Å². The molecular weight excluding hydrogens is 288 g/mol. The van der Waals surface area contributed by atoms with E-state index in [1.54, 1.807) is 11.3 Å². The molecule has 0 aliphatic carbocycles. The minimum atomic E-state index is 0.734. The third-order valence-corrected chi connectivity index (χ3v) is 5.74. The molecule has 0 amide bonds. The molecule has 1 aliphatic heterocycles. The van der Waals surface area contributed by atoms with Gasteiger partial charge < -0.3 is 10.2 Å². The van der Waals surface area contributed by atoms with Crippen molar-refractivity contribution >= 4 is 29.1 Å². The van der Waals surface area contributed by atoms with Gasteiger partial charge in [0.15, 0.2) is 5.96 Å². The Morgan fingerprint density at radius 1 is 1.55 bits per heavy atom. The number of hydrogen-bond acceptors (Lipinski definition) is 4. The number of hydrogen-bond donors (Lipinski definition) is 1. The van der Waals surface area contributed by atoms with Crippen molar-refractivity contribution in [3.05, 3.63) is 16.1 Å². The highest BCUT2D eigenvalue weighted by Gasteiger charge is 2.21. The van der Waals surface area contributed by atoms with E-state index in [1.165, 1.54) is 17.1 Å². The molecule has 1 fully saturated rings. The maximum Gasteiger partial charge on any atom is 0.194 e. The SMILES string of the molecule is CCNC(=NCc1scnc1C)N1CCSC(CC)C1. The van der Waals surface area contributed by atoms with Gasteiger partial charge in [0, 0.05) is 35.5 Å². The van der Waals surface area contributed by atoms with Crippen molar-refractivity contribution in [1.82, 2.24) is 15.2 Å². The lowest BCUT2D eigenvalue weighted by Crippen LogP contribution is -2.48. The second kappa shape index (κ2) is 7.88. The number of thioether (sulfide) groups is 1. The Kier molecular flexibility index (Phi) is 6.16. The lowest BCUT2D eigenvalue weighted by molar-refractivity contribution is 0.408. The van der Waals surface area contributed by atoms with E-state index in [-0.39, 0.29) is 0 Å². The number of guanidine groups is 1. The van der Waals surface area contributed by atoms with Crippen LogP contribution in [-0.2, 0) is 6.54 Å². The molecule has 0 radical (unpaired) electrons. The third kappa shape index (κ3) is 4.12. The van der Waals surface area contributed by atoms with E-state index in [4.69, 9.17) is 4.99 Å². The molecule has 1 aliphatic rings. The first-order valence-electron chi connectivity index (χ1n) is 7.28. The molecule has 0 bridgehead atoms. The average Bonchev–Trinajstić information content (AvgIpc) is 2.89. The lowest BCUT2D eigenvalue weighted by atomic mass is 10.3. The van der Waals surface area contributed by atoms with Gasteiger partial charge >= 0.3 is 0 Å². The molecule has 1 unspecified atom stereocenters. The van der Waals surface area contributed by atoms with Crippen LogP contribution in [0, 0.1) is 6.92 Å². The van der Waals surface area contributed by atoms with Crippen molar-refractivity contribution in [2.75, 3.05) is 25.4 Å². The zero-order valence-corrected chi connectivity index (χ0v) is 14.2. The zero-order chi connectivity index (χ0) is 14.4. The topological polar surface area (TPSA) is 40.5 Å². The standard InChI is InChI=1S/C14H24N4S2/c1-4-12-9-18(6-7-19-12)14(15-5-2)16-8-13-11(3)17-10-20-13/h10,12H,4-9H2,1-3H3,(H,15,16). The largest absolute Gasteiger partial charge is 0.357 e. The predicted molar refractivity (Wildman–Crippen MR) is 89.8 cm³/mol. The molecule has 0 spiro atoms. The maximum atomic E-state index is 4.80. The van der Waals surface area contributed by atoms with Gasteiger partial charge in [-0.2, -0.15) is 11.8 Å². The van der Waals surface area contributed by atoms with Gasteiger partial charge in [0.05, 0.1) is 17.7 Å². The van der Waals surface area contributed by atoms with Crippen LogP contribution in [-0.4, -0.2) is 46.5 Å². The molecule has 1 atom stereocenters. The van der Waals surface area contributed by atoms with Crippen LogP contribution >= 0.6 is 23.1 Å². The van der Waals surface area contributed by atoms with Gasteiger partial charge in [-0.25, -0.2) is 9.98 Å². The number of aromatic nitrogens is 1. The normalized spacial score (nSPS) is 20.2. The van der Waals surface area contributed by atoms with Gasteiger partial charge in [0.25, 0.3) is 0 Å². The molecule has 0 saturated carbocycles. The quantitative estimate of drug-likeness (QED) is 0.685. The summed E-state index contributed by atoms with van der Waals surface area (Å²) in [6, 6.07) is 0. The van der Waals surface area contributed by atoms with E-state index in [0.717, 1.165) is 43.1 Å². The van der Waals surface area contributed by atoms with Gasteiger partial charge in [0.2, 0.25) is 0 Å². The highest BCUT2D eigenvalue weighted by Crippen LogP contribution is 2.21. The van der Waals surface area contributed by atoms with Gasteiger partial charge in [0.1, 0.15) is 0 Å². The lowest BCUT2D eigenvalue weighted by Gasteiger charge is -2.34. The molecule has 1 N–H and O–H groups in total. The minimum Gasteiger partial charge on any atom is -0.357 e. The van der Waals surface area contributed by atoms with Crippen molar-refractivity contribution in [3.63, 3.8) is 0 Å². The number of thiazole rings is 1. The Bertz CT molecular complexity index is 444. The Balaban J connectivity index is 2.03. The molecule has 4 nitrogen and oxygen atoms in total. The number of aryl methyl sites for hydroxylation is 1. The summed E-state index contributed by atoms with van der Waals surface area (Å²) in [4.78, 5) is 12.8. The Morgan fingerprint density at radius 3 is 3.05 bits per heavy atom. The van der Waals surface area contributed by atoms with Gasteiger partial charge in [-0.1, -0.05) is 6.92 Å². The molecule has 1 aromatic heterocycles. The van der Waals surface area contributed by atoms with E-state index in [0.29, 0.717) is 0 Å². The van der Waals surface area contributed by atoms with Crippen LogP contribution in [0.2, 0.25) is 0 Å². The second-order valence-electron chi connectivity index (χ2n) is 4.88. The summed E-state index contributed by atoms with van der Waals surface area (Å²) in [5, 5.41) is 4.16. The predicted octanol–water partition coefficient (Wildman–Crippen LogP) is 2.74. The zero-order valence-electron chi connectivity index (χ0n) is 12.6. The van der Waals surface area contributed by atoms with E-state index in [2.05, 4.69) is 47.7 Å². The molecular formula is C14H24N4S2. The van der Waals surface area contributed by atoms with Crippen LogP contribution in [0.3, 0.4) is 0 Å². The molecule has 1 aromatic rings. The van der Waals surface area contributed by atoms with Crippen molar-refractivity contribution < 1.29 is 0 Å². The van der Waals surface area contributed by atoms with Crippen molar-refractivity contribution in [2.45, 2.75) is 39.0 Å². The molecule has 2 heterocycles. The smallest absolute Gasteiger partial charge is 0.194 e. The Labute approximate surface area is 130 Å². The summed E-state index contributed by atoms with van der Waals surface area (Å²) in [7, 11) is 0. The van der Waals surface area contributed by atoms with E-state index < -0.39 is 0 Å². The van der Waals surface area contributed by atoms with Gasteiger partial charge in [-0.05, 0) is 20.3 Å². The number of aliphatic imine (C=N–C) groups is 1. The first kappa shape index (κ1) is 15.6. The third-order valence-electron chi connectivity index (χ3n) is 3.45. The van der Waals surface area contributed by atoms with Crippen LogP contribution in [0.4, 0.5) is 0 Å². The summed E-state index contributed by atoms with van der Waals surface area (Å²) >= 11 is 3.78. The van der Waals surface area contributed by atoms with Crippen molar-refractivity contribution in [3.8, 4) is 0 Å². The average molecular weight is 313 g/mol. The monoisotopic (exact) mass is 312 g/mol.